The summed E-state index contributed by atoms with van der Waals surface area (Å²) in [5.74, 6) is 0.990. The van der Waals surface area contributed by atoms with E-state index in [1.165, 1.54) is 6.26 Å². The fourth-order valence-corrected chi connectivity index (χ4v) is 2.71. The average molecular weight is 343 g/mol. The topological polar surface area (TPSA) is 75.0 Å². The molecule has 1 aromatic carbocycles. The van der Waals surface area contributed by atoms with Crippen LogP contribution in [0.3, 0.4) is 0 Å². The number of methoxy groups -OCH3 is 1. The first-order valence-electron chi connectivity index (χ1n) is 8.16. The molecule has 0 aliphatic carbocycles. The molecule has 0 radical (unpaired) electrons. The fraction of sp³-hybridized carbons (Fsp3) is 0.333. The summed E-state index contributed by atoms with van der Waals surface area (Å²) >= 11 is 0. The molecule has 0 bridgehead atoms. The summed E-state index contributed by atoms with van der Waals surface area (Å²) in [6, 6.07) is 10.8. The van der Waals surface area contributed by atoms with Gasteiger partial charge in [0.25, 0.3) is 5.91 Å². The van der Waals surface area contributed by atoms with Crippen molar-refractivity contribution in [3.63, 3.8) is 0 Å². The highest BCUT2D eigenvalue weighted by molar-refractivity contribution is 5.91. The molecule has 132 valence electrons. The van der Waals surface area contributed by atoms with Crippen LogP contribution in [0, 0.1) is 0 Å². The van der Waals surface area contributed by atoms with E-state index in [-0.39, 0.29) is 18.4 Å². The lowest BCUT2D eigenvalue weighted by Gasteiger charge is -2.34. The fourth-order valence-electron chi connectivity index (χ4n) is 2.71. The van der Waals surface area contributed by atoms with E-state index < -0.39 is 0 Å². The quantitative estimate of drug-likeness (QED) is 0.894. The lowest BCUT2D eigenvalue weighted by atomic mass is 10.2. The summed E-state index contributed by atoms with van der Waals surface area (Å²) in [6.45, 7) is 2.28. The average Bonchev–Trinajstić information content (AvgIpc) is 3.21. The highest BCUT2D eigenvalue weighted by atomic mass is 16.5. The molecule has 25 heavy (non-hydrogen) atoms. The summed E-state index contributed by atoms with van der Waals surface area (Å²) in [4.78, 5) is 28.0. The molecule has 0 spiro atoms. The molecule has 0 saturated carbocycles. The minimum Gasteiger partial charge on any atom is -0.497 e. The highest BCUT2D eigenvalue weighted by Gasteiger charge is 2.25. The van der Waals surface area contributed by atoms with Crippen LogP contribution in [0.1, 0.15) is 10.6 Å². The molecule has 1 saturated heterocycles. The van der Waals surface area contributed by atoms with Crippen LogP contribution in [0.15, 0.2) is 47.1 Å². The van der Waals surface area contributed by atoms with Gasteiger partial charge < -0.3 is 24.3 Å². The van der Waals surface area contributed by atoms with Gasteiger partial charge in [-0.05, 0) is 36.4 Å². The Hall–Kier alpha value is -2.96. The molecule has 7 nitrogen and oxygen atoms in total. The van der Waals surface area contributed by atoms with E-state index in [1.807, 2.05) is 24.3 Å². The largest absolute Gasteiger partial charge is 0.497 e. The van der Waals surface area contributed by atoms with Gasteiger partial charge >= 0.3 is 0 Å². The SMILES string of the molecule is COc1ccc(NCC(=O)N2CCN(C(=O)c3ccco3)CC2)cc1. The molecule has 1 aliphatic rings. The zero-order valence-corrected chi connectivity index (χ0v) is 14.1. The van der Waals surface area contributed by atoms with E-state index in [0.29, 0.717) is 31.9 Å². The van der Waals surface area contributed by atoms with Crippen LogP contribution in [0.4, 0.5) is 5.69 Å². The third kappa shape index (κ3) is 4.12. The van der Waals surface area contributed by atoms with Gasteiger partial charge in [-0.1, -0.05) is 0 Å². The van der Waals surface area contributed by atoms with Crippen LogP contribution in [0.25, 0.3) is 0 Å². The lowest BCUT2D eigenvalue weighted by molar-refractivity contribution is -0.130. The highest BCUT2D eigenvalue weighted by Crippen LogP contribution is 2.15. The number of ether oxygens (including phenoxy) is 1. The van der Waals surface area contributed by atoms with Crippen molar-refractivity contribution in [3.8, 4) is 5.75 Å². The van der Waals surface area contributed by atoms with Gasteiger partial charge in [0, 0.05) is 31.9 Å². The maximum atomic E-state index is 12.3. The number of carbonyl (C=O) groups excluding carboxylic acids is 2. The van der Waals surface area contributed by atoms with Crippen molar-refractivity contribution < 1.29 is 18.7 Å². The lowest BCUT2D eigenvalue weighted by Crippen LogP contribution is -2.51. The van der Waals surface area contributed by atoms with E-state index in [0.717, 1.165) is 11.4 Å². The summed E-state index contributed by atoms with van der Waals surface area (Å²) in [7, 11) is 1.61. The number of furan rings is 1. The normalized spacial score (nSPS) is 14.3. The van der Waals surface area contributed by atoms with Gasteiger partial charge in [0.15, 0.2) is 5.76 Å². The van der Waals surface area contributed by atoms with Crippen molar-refractivity contribution in [2.75, 3.05) is 45.2 Å². The van der Waals surface area contributed by atoms with Crippen LogP contribution >= 0.6 is 0 Å². The molecule has 2 heterocycles. The molecule has 1 aliphatic heterocycles. The Bertz CT molecular complexity index is 704. The number of hydrogen-bond donors (Lipinski definition) is 1. The second-order valence-electron chi connectivity index (χ2n) is 5.73. The van der Waals surface area contributed by atoms with Crippen molar-refractivity contribution >= 4 is 17.5 Å². The molecule has 1 fully saturated rings. The Morgan fingerprint density at radius 1 is 1.08 bits per heavy atom. The van der Waals surface area contributed by atoms with Crippen LogP contribution in [0.2, 0.25) is 0 Å². The number of piperazine rings is 1. The van der Waals surface area contributed by atoms with E-state index in [1.54, 1.807) is 29.0 Å². The number of rotatable bonds is 5. The van der Waals surface area contributed by atoms with Gasteiger partial charge in [0.05, 0.1) is 19.9 Å². The van der Waals surface area contributed by atoms with Crippen molar-refractivity contribution in [2.24, 2.45) is 0 Å². The molecule has 0 unspecified atom stereocenters. The molecule has 1 aromatic heterocycles. The molecular formula is C18H21N3O4. The van der Waals surface area contributed by atoms with Crippen LogP contribution in [0.5, 0.6) is 5.75 Å². The second kappa shape index (κ2) is 7.74. The number of hydrogen-bond acceptors (Lipinski definition) is 5. The second-order valence-corrected chi connectivity index (χ2v) is 5.73. The van der Waals surface area contributed by atoms with E-state index in [4.69, 9.17) is 9.15 Å². The van der Waals surface area contributed by atoms with Gasteiger partial charge in [0.2, 0.25) is 5.91 Å². The molecule has 2 aromatic rings. The van der Waals surface area contributed by atoms with Crippen LogP contribution in [-0.4, -0.2) is 61.4 Å². The smallest absolute Gasteiger partial charge is 0.289 e. The van der Waals surface area contributed by atoms with Gasteiger partial charge in [-0.25, -0.2) is 0 Å². The van der Waals surface area contributed by atoms with Crippen LogP contribution < -0.4 is 10.1 Å². The van der Waals surface area contributed by atoms with Gasteiger partial charge in [0.1, 0.15) is 5.75 Å². The van der Waals surface area contributed by atoms with E-state index in [2.05, 4.69) is 5.32 Å². The predicted octanol–water partition coefficient (Wildman–Crippen LogP) is 1.68. The van der Waals surface area contributed by atoms with Crippen molar-refractivity contribution in [1.82, 2.24) is 9.80 Å². The third-order valence-electron chi connectivity index (χ3n) is 4.19. The zero-order chi connectivity index (χ0) is 17.6. The number of nitrogens with zero attached hydrogens (tertiary/aromatic N) is 2. The first-order valence-corrected chi connectivity index (χ1v) is 8.16. The van der Waals surface area contributed by atoms with E-state index >= 15 is 0 Å². The van der Waals surface area contributed by atoms with Crippen molar-refractivity contribution in [2.45, 2.75) is 0 Å². The van der Waals surface area contributed by atoms with Gasteiger partial charge in [-0.2, -0.15) is 0 Å². The molecule has 3 rings (SSSR count). The third-order valence-corrected chi connectivity index (χ3v) is 4.19. The minimum atomic E-state index is -0.131. The number of carbonyl (C=O) groups is 2. The van der Waals surface area contributed by atoms with E-state index in [9.17, 15) is 9.59 Å². The number of anilines is 1. The molecule has 0 atom stereocenters. The summed E-state index contributed by atoms with van der Waals surface area (Å²) in [6.07, 6.45) is 1.48. The predicted molar refractivity (Wildman–Crippen MR) is 92.7 cm³/mol. The first kappa shape index (κ1) is 16.9. The monoisotopic (exact) mass is 343 g/mol. The number of benzene rings is 1. The summed E-state index contributed by atoms with van der Waals surface area (Å²) in [5.41, 5.74) is 0.862. The Kier molecular flexibility index (Phi) is 5.23. The Balaban J connectivity index is 1.45. The van der Waals surface area contributed by atoms with Crippen LogP contribution in [-0.2, 0) is 4.79 Å². The summed E-state index contributed by atoms with van der Waals surface area (Å²) < 4.78 is 10.2. The molecule has 7 heteroatoms. The molecule has 2 amide bonds. The number of nitrogens with one attached hydrogen (secondary N) is 1. The molecular weight excluding hydrogens is 322 g/mol. The minimum absolute atomic E-state index is 0.0147. The zero-order valence-electron chi connectivity index (χ0n) is 14.1. The first-order chi connectivity index (χ1) is 12.2. The maximum absolute atomic E-state index is 12.3. The number of amides is 2. The van der Waals surface area contributed by atoms with Gasteiger partial charge in [-0.15, -0.1) is 0 Å². The van der Waals surface area contributed by atoms with Crippen molar-refractivity contribution in [1.29, 1.82) is 0 Å². The Morgan fingerprint density at radius 2 is 1.76 bits per heavy atom. The Labute approximate surface area is 146 Å². The standard InChI is InChI=1S/C18H21N3O4/c1-24-15-6-4-14(5-7-15)19-13-17(22)20-8-10-21(11-9-20)18(23)16-3-2-12-25-16/h2-7,12,19H,8-11,13H2,1H3. The summed E-state index contributed by atoms with van der Waals surface area (Å²) in [5, 5.41) is 3.11. The molecule has 1 N–H and O–H groups in total. The van der Waals surface area contributed by atoms with Gasteiger partial charge in [-0.3, -0.25) is 9.59 Å². The Morgan fingerprint density at radius 3 is 2.36 bits per heavy atom. The van der Waals surface area contributed by atoms with Crippen molar-refractivity contribution in [3.05, 3.63) is 48.4 Å². The maximum Gasteiger partial charge on any atom is 0.289 e.